The van der Waals surface area contributed by atoms with Crippen LogP contribution in [0.4, 0.5) is 0 Å². The highest BCUT2D eigenvalue weighted by Crippen LogP contribution is 2.30. The molecule has 1 amide bonds. The molecule has 0 spiro atoms. The van der Waals surface area contributed by atoms with Crippen LogP contribution in [0.3, 0.4) is 0 Å². The first-order valence-electron chi connectivity index (χ1n) is 8.98. The van der Waals surface area contributed by atoms with Crippen molar-refractivity contribution in [1.82, 2.24) is 15.1 Å². The van der Waals surface area contributed by atoms with Gasteiger partial charge in [0.05, 0.1) is 0 Å². The molecule has 1 unspecified atom stereocenters. The van der Waals surface area contributed by atoms with Gasteiger partial charge in [0.25, 0.3) is 0 Å². The number of halogens is 3. The summed E-state index contributed by atoms with van der Waals surface area (Å²) in [7, 11) is 2.20. The standard InChI is InChI=1S/C17H34N4O.3ClH/c1-15(18)6-7-16(22)19-14-17(8-12-20(2)13-9-17)21-10-4-3-5-11-21;;;/h15H,3-14,18H2,1-2H3,(H,19,22);3*1H. The maximum absolute atomic E-state index is 12.1. The van der Waals surface area contributed by atoms with Crippen LogP contribution in [0.1, 0.15) is 51.9 Å². The fourth-order valence-corrected chi connectivity index (χ4v) is 3.72. The number of hydrogen-bond acceptors (Lipinski definition) is 4. The summed E-state index contributed by atoms with van der Waals surface area (Å²) in [6.07, 6.45) is 7.60. The van der Waals surface area contributed by atoms with Gasteiger partial charge < -0.3 is 16.0 Å². The zero-order chi connectivity index (χ0) is 16.0. The molecule has 152 valence electrons. The summed E-state index contributed by atoms with van der Waals surface area (Å²) in [5.74, 6) is 0.160. The molecule has 0 saturated carbocycles. The van der Waals surface area contributed by atoms with Crippen molar-refractivity contribution in [3.63, 3.8) is 0 Å². The van der Waals surface area contributed by atoms with Gasteiger partial charge >= 0.3 is 0 Å². The summed E-state index contributed by atoms with van der Waals surface area (Å²) in [5.41, 5.74) is 5.92. The van der Waals surface area contributed by atoms with Gasteiger partial charge in [-0.25, -0.2) is 0 Å². The summed E-state index contributed by atoms with van der Waals surface area (Å²) in [6.45, 7) is 7.41. The fraction of sp³-hybridized carbons (Fsp3) is 0.941. The van der Waals surface area contributed by atoms with Gasteiger partial charge in [0.2, 0.25) is 5.91 Å². The number of nitrogens with one attached hydrogen (secondary N) is 1. The number of piperidine rings is 2. The predicted octanol–water partition coefficient (Wildman–Crippen LogP) is 2.45. The number of amides is 1. The maximum atomic E-state index is 12.1. The molecule has 0 radical (unpaired) electrons. The number of carbonyl (C=O) groups is 1. The van der Waals surface area contributed by atoms with E-state index in [9.17, 15) is 4.79 Å². The number of carbonyl (C=O) groups excluding carboxylic acids is 1. The topological polar surface area (TPSA) is 61.6 Å². The Kier molecular flexibility index (Phi) is 14.7. The number of hydrogen-bond donors (Lipinski definition) is 2. The van der Waals surface area contributed by atoms with E-state index >= 15 is 0 Å². The Morgan fingerprint density at radius 3 is 2.16 bits per heavy atom. The first-order valence-corrected chi connectivity index (χ1v) is 8.98. The number of rotatable bonds is 6. The lowest BCUT2D eigenvalue weighted by Gasteiger charge is -2.50. The zero-order valence-electron chi connectivity index (χ0n) is 15.7. The number of nitrogens with two attached hydrogens (primary N) is 1. The second kappa shape index (κ2) is 13.4. The second-order valence-electron chi connectivity index (χ2n) is 7.37. The van der Waals surface area contributed by atoms with Crippen molar-refractivity contribution in [3.8, 4) is 0 Å². The molecule has 5 nitrogen and oxygen atoms in total. The summed E-state index contributed by atoms with van der Waals surface area (Å²) in [6, 6.07) is 0.102. The van der Waals surface area contributed by atoms with E-state index in [0.29, 0.717) is 6.42 Å². The molecule has 2 saturated heterocycles. The predicted molar refractivity (Wildman–Crippen MR) is 113 cm³/mol. The normalized spacial score (nSPS) is 21.9. The summed E-state index contributed by atoms with van der Waals surface area (Å²) in [4.78, 5) is 17.1. The second-order valence-corrected chi connectivity index (χ2v) is 7.37. The molecule has 0 bridgehead atoms. The first kappa shape index (κ1) is 27.4. The van der Waals surface area contributed by atoms with E-state index in [1.807, 2.05) is 6.92 Å². The molecule has 25 heavy (non-hydrogen) atoms. The van der Waals surface area contributed by atoms with Crippen molar-refractivity contribution in [2.24, 2.45) is 5.73 Å². The summed E-state index contributed by atoms with van der Waals surface area (Å²) < 4.78 is 0. The fourth-order valence-electron chi connectivity index (χ4n) is 3.72. The van der Waals surface area contributed by atoms with Crippen molar-refractivity contribution < 1.29 is 4.79 Å². The van der Waals surface area contributed by atoms with E-state index in [4.69, 9.17) is 5.73 Å². The summed E-state index contributed by atoms with van der Waals surface area (Å²) in [5, 5.41) is 3.21. The van der Waals surface area contributed by atoms with Gasteiger partial charge in [-0.05, 0) is 72.3 Å². The Labute approximate surface area is 172 Å². The van der Waals surface area contributed by atoms with E-state index in [2.05, 4.69) is 22.2 Å². The largest absolute Gasteiger partial charge is 0.354 e. The van der Waals surface area contributed by atoms with Crippen LogP contribution in [-0.2, 0) is 4.79 Å². The van der Waals surface area contributed by atoms with Gasteiger partial charge in [0.1, 0.15) is 0 Å². The lowest BCUT2D eigenvalue weighted by atomic mass is 9.84. The highest BCUT2D eigenvalue weighted by Gasteiger charge is 2.39. The van der Waals surface area contributed by atoms with Gasteiger partial charge in [-0.15, -0.1) is 37.2 Å². The van der Waals surface area contributed by atoms with Gasteiger partial charge in [-0.2, -0.15) is 0 Å². The molecule has 0 aromatic rings. The molecule has 8 heteroatoms. The van der Waals surface area contributed by atoms with Crippen molar-refractivity contribution in [1.29, 1.82) is 0 Å². The minimum Gasteiger partial charge on any atom is -0.354 e. The summed E-state index contributed by atoms with van der Waals surface area (Å²) >= 11 is 0. The van der Waals surface area contributed by atoms with E-state index in [-0.39, 0.29) is 54.7 Å². The van der Waals surface area contributed by atoms with E-state index in [0.717, 1.165) is 38.9 Å². The molecule has 2 heterocycles. The van der Waals surface area contributed by atoms with Crippen LogP contribution in [-0.4, -0.2) is 67.1 Å². The number of likely N-dealkylation sites (tertiary alicyclic amines) is 2. The molecule has 2 aliphatic heterocycles. The minimum absolute atomic E-state index is 0. The molecule has 0 aromatic carbocycles. The zero-order valence-corrected chi connectivity index (χ0v) is 18.1. The third-order valence-corrected chi connectivity index (χ3v) is 5.39. The Balaban J connectivity index is 0. The third-order valence-electron chi connectivity index (χ3n) is 5.39. The Hall–Kier alpha value is 0.220. The molecule has 1 atom stereocenters. The highest BCUT2D eigenvalue weighted by atomic mass is 35.5. The lowest BCUT2D eigenvalue weighted by Crippen LogP contribution is -2.61. The quantitative estimate of drug-likeness (QED) is 0.694. The van der Waals surface area contributed by atoms with Crippen LogP contribution >= 0.6 is 37.2 Å². The first-order chi connectivity index (χ1) is 10.5. The van der Waals surface area contributed by atoms with Crippen molar-refractivity contribution in [2.45, 2.75) is 63.5 Å². The molecular formula is C17H37Cl3N4O. The van der Waals surface area contributed by atoms with Crippen LogP contribution in [0.15, 0.2) is 0 Å². The van der Waals surface area contributed by atoms with Crippen LogP contribution < -0.4 is 11.1 Å². The Morgan fingerprint density at radius 2 is 1.64 bits per heavy atom. The molecule has 2 aliphatic rings. The van der Waals surface area contributed by atoms with E-state index < -0.39 is 0 Å². The van der Waals surface area contributed by atoms with Crippen molar-refractivity contribution in [3.05, 3.63) is 0 Å². The lowest BCUT2D eigenvalue weighted by molar-refractivity contribution is -0.122. The van der Waals surface area contributed by atoms with Gasteiger partial charge in [-0.1, -0.05) is 6.42 Å². The average Bonchev–Trinajstić information content (AvgIpc) is 2.53. The average molecular weight is 420 g/mol. The van der Waals surface area contributed by atoms with Crippen LogP contribution in [0.2, 0.25) is 0 Å². The number of nitrogens with zero attached hydrogens (tertiary/aromatic N) is 2. The van der Waals surface area contributed by atoms with Crippen LogP contribution in [0.25, 0.3) is 0 Å². The maximum Gasteiger partial charge on any atom is 0.220 e. The molecular weight excluding hydrogens is 383 g/mol. The monoisotopic (exact) mass is 418 g/mol. The molecule has 2 rings (SSSR count). The van der Waals surface area contributed by atoms with E-state index in [1.165, 1.54) is 32.4 Å². The molecule has 2 fully saturated rings. The van der Waals surface area contributed by atoms with Gasteiger partial charge in [-0.3, -0.25) is 9.69 Å². The van der Waals surface area contributed by atoms with E-state index in [1.54, 1.807) is 0 Å². The van der Waals surface area contributed by atoms with Gasteiger partial charge in [0.15, 0.2) is 0 Å². The molecule has 3 N–H and O–H groups in total. The minimum atomic E-state index is 0. The van der Waals surface area contributed by atoms with Crippen LogP contribution in [0, 0.1) is 0 Å². The van der Waals surface area contributed by atoms with Crippen molar-refractivity contribution in [2.75, 3.05) is 39.8 Å². The Morgan fingerprint density at radius 1 is 1.08 bits per heavy atom. The molecule has 0 aromatic heterocycles. The SMILES string of the molecule is CC(N)CCC(=O)NCC1(N2CCCCC2)CCN(C)CC1.Cl.Cl.Cl. The smallest absolute Gasteiger partial charge is 0.220 e. The van der Waals surface area contributed by atoms with Gasteiger partial charge in [0, 0.05) is 24.5 Å². The molecule has 0 aliphatic carbocycles. The highest BCUT2D eigenvalue weighted by molar-refractivity contribution is 5.86. The third kappa shape index (κ3) is 8.63. The van der Waals surface area contributed by atoms with Crippen molar-refractivity contribution >= 4 is 43.1 Å². The van der Waals surface area contributed by atoms with Crippen LogP contribution in [0.5, 0.6) is 0 Å². The Bertz CT molecular complexity index is 358.